The number of hydrogen-bond acceptors (Lipinski definition) is 3. The Morgan fingerprint density at radius 1 is 1.43 bits per heavy atom. The zero-order valence-corrected chi connectivity index (χ0v) is 10.7. The molecule has 1 aromatic rings. The minimum atomic E-state index is 0.206. The minimum Gasteiger partial charge on any atom is -0.245 e. The Labute approximate surface area is 94.3 Å². The zero-order chi connectivity index (χ0) is 10.2. The van der Waals surface area contributed by atoms with Gasteiger partial charge in [-0.15, -0.1) is 11.3 Å². The summed E-state index contributed by atoms with van der Waals surface area (Å²) in [6.45, 7) is 6.69. The van der Waals surface area contributed by atoms with Gasteiger partial charge in [0.05, 0.1) is 10.9 Å². The number of aromatic nitrogens is 1. The predicted molar refractivity (Wildman–Crippen MR) is 65.2 cm³/mol. The van der Waals surface area contributed by atoms with E-state index >= 15 is 0 Å². The second-order valence-electron chi connectivity index (χ2n) is 4.82. The van der Waals surface area contributed by atoms with Crippen LogP contribution in [-0.2, 0) is 5.41 Å². The smallest absolute Gasteiger partial charge is 0.106 e. The van der Waals surface area contributed by atoms with Crippen LogP contribution in [0.2, 0.25) is 0 Å². The van der Waals surface area contributed by atoms with Crippen molar-refractivity contribution in [3.8, 4) is 0 Å². The van der Waals surface area contributed by atoms with Crippen LogP contribution in [0.25, 0.3) is 0 Å². The molecule has 0 aliphatic carbocycles. The largest absolute Gasteiger partial charge is 0.245 e. The summed E-state index contributed by atoms with van der Waals surface area (Å²) in [5.74, 6) is 1.31. The van der Waals surface area contributed by atoms with Gasteiger partial charge >= 0.3 is 0 Å². The van der Waals surface area contributed by atoms with Crippen LogP contribution >= 0.6 is 23.1 Å². The maximum Gasteiger partial charge on any atom is 0.106 e. The lowest BCUT2D eigenvalue weighted by molar-refractivity contribution is 0.570. The van der Waals surface area contributed by atoms with Gasteiger partial charge in [-0.1, -0.05) is 20.8 Å². The lowest BCUT2D eigenvalue weighted by atomic mass is 9.93. The van der Waals surface area contributed by atoms with Gasteiger partial charge in [-0.2, -0.15) is 11.8 Å². The molecule has 1 aromatic heterocycles. The van der Waals surface area contributed by atoms with Crippen molar-refractivity contribution >= 4 is 23.1 Å². The molecule has 0 spiro atoms. The number of thiazole rings is 1. The Bertz CT molecular complexity index is 305. The Kier molecular flexibility index (Phi) is 2.89. The molecule has 0 saturated carbocycles. The van der Waals surface area contributed by atoms with Gasteiger partial charge in [0.15, 0.2) is 0 Å². The zero-order valence-electron chi connectivity index (χ0n) is 9.04. The van der Waals surface area contributed by atoms with E-state index in [1.165, 1.54) is 29.3 Å². The third kappa shape index (κ3) is 2.14. The highest BCUT2D eigenvalue weighted by molar-refractivity contribution is 7.99. The highest BCUT2D eigenvalue weighted by Gasteiger charge is 2.23. The first-order chi connectivity index (χ1) is 6.57. The highest BCUT2D eigenvalue weighted by Crippen LogP contribution is 2.41. The topological polar surface area (TPSA) is 12.9 Å². The van der Waals surface area contributed by atoms with Gasteiger partial charge < -0.3 is 0 Å². The Morgan fingerprint density at radius 3 is 2.71 bits per heavy atom. The van der Waals surface area contributed by atoms with E-state index in [0.717, 1.165) is 0 Å². The van der Waals surface area contributed by atoms with E-state index in [-0.39, 0.29) is 5.41 Å². The molecule has 14 heavy (non-hydrogen) atoms. The Hall–Kier alpha value is -0.0200. The lowest BCUT2D eigenvalue weighted by Gasteiger charge is -2.14. The molecule has 2 heterocycles. The molecule has 0 N–H and O–H groups in total. The van der Waals surface area contributed by atoms with E-state index in [1.807, 2.05) is 11.3 Å². The summed E-state index contributed by atoms with van der Waals surface area (Å²) in [6.07, 6.45) is 2.68. The number of thioether (sulfide) groups is 1. The average Bonchev–Trinajstić information content (AvgIpc) is 2.73. The summed E-state index contributed by atoms with van der Waals surface area (Å²) in [4.78, 5) is 4.76. The number of rotatable bonds is 1. The molecule has 1 fully saturated rings. The molecule has 0 radical (unpaired) electrons. The van der Waals surface area contributed by atoms with Gasteiger partial charge in [-0.25, -0.2) is 4.98 Å². The van der Waals surface area contributed by atoms with E-state index < -0.39 is 0 Å². The molecule has 1 aliphatic rings. The first kappa shape index (κ1) is 10.5. The molecule has 1 unspecified atom stereocenters. The van der Waals surface area contributed by atoms with Crippen molar-refractivity contribution in [2.45, 2.75) is 44.3 Å². The van der Waals surface area contributed by atoms with Crippen LogP contribution in [-0.4, -0.2) is 10.7 Å². The van der Waals surface area contributed by atoms with Crippen LogP contribution in [0.5, 0.6) is 0 Å². The monoisotopic (exact) mass is 227 g/mol. The van der Waals surface area contributed by atoms with E-state index in [9.17, 15) is 0 Å². The Morgan fingerprint density at radius 2 is 2.21 bits per heavy atom. The maximum absolute atomic E-state index is 4.76. The standard InChI is InChI=1S/C11H17NS2/c1-11(2,3)9-7-14-10(12-9)8-5-4-6-13-8/h7-8H,4-6H2,1-3H3. The van der Waals surface area contributed by atoms with Crippen LogP contribution in [0.4, 0.5) is 0 Å². The molecule has 0 amide bonds. The molecular weight excluding hydrogens is 210 g/mol. The molecule has 2 rings (SSSR count). The van der Waals surface area contributed by atoms with Crippen LogP contribution in [0, 0.1) is 0 Å². The summed E-state index contributed by atoms with van der Waals surface area (Å²) in [5.41, 5.74) is 1.46. The Balaban J connectivity index is 2.17. The van der Waals surface area contributed by atoms with Gasteiger partial charge in [0.1, 0.15) is 5.01 Å². The molecule has 1 saturated heterocycles. The van der Waals surface area contributed by atoms with Crippen molar-refractivity contribution in [3.63, 3.8) is 0 Å². The van der Waals surface area contributed by atoms with E-state index in [0.29, 0.717) is 5.25 Å². The van der Waals surface area contributed by atoms with Crippen LogP contribution < -0.4 is 0 Å². The second kappa shape index (κ2) is 3.86. The summed E-state index contributed by atoms with van der Waals surface area (Å²) in [6, 6.07) is 0. The van der Waals surface area contributed by atoms with E-state index in [1.54, 1.807) is 0 Å². The molecule has 1 aliphatic heterocycles. The van der Waals surface area contributed by atoms with Crippen LogP contribution in [0.1, 0.15) is 49.6 Å². The van der Waals surface area contributed by atoms with Crippen LogP contribution in [0.15, 0.2) is 5.38 Å². The summed E-state index contributed by atoms with van der Waals surface area (Å²) in [5, 5.41) is 4.27. The normalized spacial score (nSPS) is 22.9. The van der Waals surface area contributed by atoms with E-state index in [2.05, 4.69) is 37.9 Å². The molecular formula is C11H17NS2. The van der Waals surface area contributed by atoms with Gasteiger partial charge in [0, 0.05) is 10.8 Å². The van der Waals surface area contributed by atoms with Crippen molar-refractivity contribution in [2.24, 2.45) is 0 Å². The molecule has 0 bridgehead atoms. The predicted octanol–water partition coefficient (Wildman–Crippen LogP) is 4.01. The molecule has 1 atom stereocenters. The average molecular weight is 227 g/mol. The third-order valence-corrected chi connectivity index (χ3v) is 4.99. The van der Waals surface area contributed by atoms with Gasteiger partial charge in [-0.3, -0.25) is 0 Å². The number of hydrogen-bond donors (Lipinski definition) is 0. The fraction of sp³-hybridized carbons (Fsp3) is 0.727. The first-order valence-electron chi connectivity index (χ1n) is 5.15. The van der Waals surface area contributed by atoms with Crippen molar-refractivity contribution in [1.82, 2.24) is 4.98 Å². The quantitative estimate of drug-likeness (QED) is 0.719. The first-order valence-corrected chi connectivity index (χ1v) is 7.08. The van der Waals surface area contributed by atoms with Crippen LogP contribution in [0.3, 0.4) is 0 Å². The van der Waals surface area contributed by atoms with Crippen molar-refractivity contribution in [2.75, 3.05) is 5.75 Å². The maximum atomic E-state index is 4.76. The van der Waals surface area contributed by atoms with Crippen molar-refractivity contribution in [1.29, 1.82) is 0 Å². The summed E-state index contributed by atoms with van der Waals surface area (Å²) >= 11 is 3.91. The molecule has 78 valence electrons. The van der Waals surface area contributed by atoms with Gasteiger partial charge in [0.25, 0.3) is 0 Å². The number of nitrogens with zero attached hydrogens (tertiary/aromatic N) is 1. The summed E-state index contributed by atoms with van der Waals surface area (Å²) < 4.78 is 0. The van der Waals surface area contributed by atoms with Crippen molar-refractivity contribution in [3.05, 3.63) is 16.1 Å². The van der Waals surface area contributed by atoms with Gasteiger partial charge in [0.2, 0.25) is 0 Å². The highest BCUT2D eigenvalue weighted by atomic mass is 32.2. The third-order valence-electron chi connectivity index (χ3n) is 2.50. The fourth-order valence-corrected chi connectivity index (χ4v) is 4.13. The summed E-state index contributed by atoms with van der Waals surface area (Å²) in [7, 11) is 0. The second-order valence-corrected chi connectivity index (χ2v) is 7.02. The molecule has 3 heteroatoms. The van der Waals surface area contributed by atoms with Crippen molar-refractivity contribution < 1.29 is 0 Å². The fourth-order valence-electron chi connectivity index (χ4n) is 1.55. The van der Waals surface area contributed by atoms with E-state index in [4.69, 9.17) is 4.98 Å². The lowest BCUT2D eigenvalue weighted by Crippen LogP contribution is -2.11. The molecule has 1 nitrogen and oxygen atoms in total. The minimum absolute atomic E-state index is 0.206. The molecule has 0 aromatic carbocycles. The van der Waals surface area contributed by atoms with Gasteiger partial charge in [-0.05, 0) is 18.6 Å². The SMILES string of the molecule is CC(C)(C)c1csc(C2CCCS2)n1.